The lowest BCUT2D eigenvalue weighted by Gasteiger charge is -2.36. The Kier molecular flexibility index (Phi) is 11.3. The first-order chi connectivity index (χ1) is 21.5. The number of urea groups is 1. The summed E-state index contributed by atoms with van der Waals surface area (Å²) >= 11 is 0. The van der Waals surface area contributed by atoms with Crippen LogP contribution in [0.5, 0.6) is 0 Å². The molecule has 0 bridgehead atoms. The Bertz CT molecular complexity index is 1600. The molecule has 0 aliphatic heterocycles. The number of tetrazole rings is 1. The van der Waals surface area contributed by atoms with Gasteiger partial charge in [-0.15, -0.1) is 5.10 Å². The number of unbranched alkanes of at least 4 members (excludes halogenated alkanes) is 1. The normalized spacial score (nSPS) is 11.7. The largest absolute Gasteiger partial charge is 0.412 e. The Morgan fingerprint density at radius 3 is 2.40 bits per heavy atom. The number of hydrogen-bond donors (Lipinski definition) is 1. The Morgan fingerprint density at radius 1 is 1.02 bits per heavy atom. The Labute approximate surface area is 268 Å². The molecule has 0 radical (unpaired) electrons. The molecular weight excluding hydrogens is 579 g/mol. The second-order valence-electron chi connectivity index (χ2n) is 12.8. The van der Waals surface area contributed by atoms with Gasteiger partial charge in [-0.05, 0) is 57.7 Å². The Balaban J connectivity index is 1.50. The highest BCUT2D eigenvalue weighted by Gasteiger charge is 2.37. The van der Waals surface area contributed by atoms with Gasteiger partial charge in [0.2, 0.25) is 0 Å². The quantitative estimate of drug-likeness (QED) is 0.150. The molecule has 1 N–H and O–H groups in total. The van der Waals surface area contributed by atoms with E-state index in [9.17, 15) is 4.79 Å². The van der Waals surface area contributed by atoms with E-state index in [4.69, 9.17) is 9.69 Å². The topological polar surface area (TPSA) is 109 Å². The minimum Gasteiger partial charge on any atom is -0.412 e. The fraction of sp³-hybridized carbons (Fsp3) is 0.400. The first kappa shape index (κ1) is 33.6. The van der Waals surface area contributed by atoms with Gasteiger partial charge in [-0.2, -0.15) is 5.26 Å². The number of carbonyl (C=O) groups is 1. The van der Waals surface area contributed by atoms with E-state index in [1.165, 1.54) is 0 Å². The van der Waals surface area contributed by atoms with Crippen LogP contribution in [0.3, 0.4) is 0 Å². The maximum atomic E-state index is 13.6. The highest BCUT2D eigenvalue weighted by molar-refractivity contribution is 6.74. The molecule has 0 spiro atoms. The number of nitrogens with zero attached hydrogens (tertiary/aromatic N) is 6. The molecule has 0 fully saturated rings. The van der Waals surface area contributed by atoms with Gasteiger partial charge in [0.05, 0.1) is 25.6 Å². The van der Waals surface area contributed by atoms with Crippen molar-refractivity contribution in [1.29, 1.82) is 5.26 Å². The summed E-state index contributed by atoms with van der Waals surface area (Å²) < 4.78 is 8.14. The number of benzene rings is 3. The van der Waals surface area contributed by atoms with Crippen LogP contribution < -0.4 is 5.32 Å². The average molecular weight is 624 g/mol. The predicted molar refractivity (Wildman–Crippen MR) is 182 cm³/mol. The van der Waals surface area contributed by atoms with Gasteiger partial charge < -0.3 is 14.6 Å². The minimum absolute atomic E-state index is 0.106. The van der Waals surface area contributed by atoms with Crippen molar-refractivity contribution in [1.82, 2.24) is 25.1 Å². The van der Waals surface area contributed by atoms with Crippen molar-refractivity contribution in [3.05, 3.63) is 83.9 Å². The molecule has 1 heterocycles. The molecule has 4 rings (SSSR count). The van der Waals surface area contributed by atoms with Gasteiger partial charge in [0.15, 0.2) is 14.1 Å². The summed E-state index contributed by atoms with van der Waals surface area (Å²) in [6.45, 7) is 15.3. The molecule has 0 atom stereocenters. The SMILES string of the molecule is CCCCN(Cc1ccc(-c2ccccc2-c2nnnn2CCC#N)cc1)C(=O)Nc1ccccc1CO[Si](C)(C)C(C)(C)C. The van der Waals surface area contributed by atoms with Gasteiger partial charge in [-0.25, -0.2) is 9.48 Å². The summed E-state index contributed by atoms with van der Waals surface area (Å²) in [6.07, 6.45) is 2.23. The smallest absolute Gasteiger partial charge is 0.322 e. The van der Waals surface area contributed by atoms with Crippen LogP contribution in [0.15, 0.2) is 72.8 Å². The van der Waals surface area contributed by atoms with Crippen molar-refractivity contribution < 1.29 is 9.22 Å². The molecule has 10 heteroatoms. The highest BCUT2D eigenvalue weighted by Crippen LogP contribution is 2.37. The zero-order valence-corrected chi connectivity index (χ0v) is 28.4. The molecule has 45 heavy (non-hydrogen) atoms. The van der Waals surface area contributed by atoms with E-state index in [1.54, 1.807) is 4.68 Å². The number of aryl methyl sites for hydroxylation is 1. The minimum atomic E-state index is -1.94. The van der Waals surface area contributed by atoms with E-state index in [0.717, 1.165) is 46.3 Å². The van der Waals surface area contributed by atoms with Gasteiger partial charge in [0, 0.05) is 29.9 Å². The van der Waals surface area contributed by atoms with Gasteiger partial charge in [0.1, 0.15) is 0 Å². The number of rotatable bonds is 13. The van der Waals surface area contributed by atoms with Crippen molar-refractivity contribution in [2.45, 2.75) is 84.8 Å². The molecule has 9 nitrogen and oxygen atoms in total. The van der Waals surface area contributed by atoms with Crippen molar-refractivity contribution in [2.75, 3.05) is 11.9 Å². The van der Waals surface area contributed by atoms with Crippen LogP contribution in [-0.4, -0.2) is 46.0 Å². The predicted octanol–water partition coefficient (Wildman–Crippen LogP) is 8.28. The van der Waals surface area contributed by atoms with E-state index in [1.807, 2.05) is 53.4 Å². The monoisotopic (exact) mass is 623 g/mol. The van der Waals surface area contributed by atoms with Crippen LogP contribution >= 0.6 is 0 Å². The third-order valence-electron chi connectivity index (χ3n) is 8.50. The first-order valence-corrected chi connectivity index (χ1v) is 18.5. The summed E-state index contributed by atoms with van der Waals surface area (Å²) in [6, 6.07) is 26.2. The van der Waals surface area contributed by atoms with Crippen LogP contribution in [-0.2, 0) is 24.1 Å². The summed E-state index contributed by atoms with van der Waals surface area (Å²) in [7, 11) is -1.94. The van der Waals surface area contributed by atoms with Crippen molar-refractivity contribution >= 4 is 20.0 Å². The number of hydrogen-bond acceptors (Lipinski definition) is 6. The number of amides is 2. The molecule has 0 aliphatic carbocycles. The molecule has 2 amide bonds. The molecule has 0 saturated heterocycles. The lowest BCUT2D eigenvalue weighted by molar-refractivity contribution is 0.208. The third-order valence-corrected chi connectivity index (χ3v) is 13.0. The molecule has 3 aromatic carbocycles. The lowest BCUT2D eigenvalue weighted by Crippen LogP contribution is -2.40. The van der Waals surface area contributed by atoms with Crippen LogP contribution in [0, 0.1) is 11.3 Å². The van der Waals surface area contributed by atoms with Crippen molar-refractivity contribution in [3.8, 4) is 28.6 Å². The van der Waals surface area contributed by atoms with E-state index < -0.39 is 8.32 Å². The van der Waals surface area contributed by atoms with Crippen LogP contribution in [0.1, 0.15) is 58.1 Å². The Morgan fingerprint density at radius 2 is 1.71 bits per heavy atom. The van der Waals surface area contributed by atoms with E-state index in [-0.39, 0.29) is 11.1 Å². The van der Waals surface area contributed by atoms with Crippen LogP contribution in [0.2, 0.25) is 18.1 Å². The second kappa shape index (κ2) is 15.1. The summed E-state index contributed by atoms with van der Waals surface area (Å²) in [5.74, 6) is 0.627. The van der Waals surface area contributed by atoms with E-state index in [2.05, 4.69) is 92.0 Å². The van der Waals surface area contributed by atoms with E-state index >= 15 is 0 Å². The highest BCUT2D eigenvalue weighted by atomic mass is 28.4. The van der Waals surface area contributed by atoms with Crippen LogP contribution in [0.25, 0.3) is 22.5 Å². The Hall–Kier alpha value is -4.33. The van der Waals surface area contributed by atoms with Gasteiger partial charge in [-0.1, -0.05) is 101 Å². The summed E-state index contributed by atoms with van der Waals surface area (Å²) in [5, 5.41) is 24.5. The van der Waals surface area contributed by atoms with Gasteiger partial charge in [-0.3, -0.25) is 0 Å². The lowest BCUT2D eigenvalue weighted by atomic mass is 9.98. The standard InChI is InChI=1S/C35H45N7O2Si/c1-7-8-23-41(34(43)37-32-17-12-9-14-29(32)26-44-45(5,6)35(2,3)4)25-27-18-20-28(21-19-27)30-15-10-11-16-31(30)33-38-39-40-42(33)24-13-22-36/h9-12,14-21H,7-8,13,23-26H2,1-6H3,(H,37,43). The average Bonchev–Trinajstić information content (AvgIpc) is 3.50. The molecule has 1 aromatic heterocycles. The first-order valence-electron chi connectivity index (χ1n) is 15.6. The summed E-state index contributed by atoms with van der Waals surface area (Å²) in [4.78, 5) is 15.5. The molecule has 4 aromatic rings. The number of para-hydroxylation sites is 1. The van der Waals surface area contributed by atoms with Crippen molar-refractivity contribution in [2.24, 2.45) is 0 Å². The molecular formula is C35H45N7O2Si. The van der Waals surface area contributed by atoms with Gasteiger partial charge in [0.25, 0.3) is 0 Å². The summed E-state index contributed by atoms with van der Waals surface area (Å²) in [5.41, 5.74) is 5.71. The zero-order chi connectivity index (χ0) is 32.5. The molecule has 0 unspecified atom stereocenters. The maximum absolute atomic E-state index is 13.6. The fourth-order valence-electron chi connectivity index (χ4n) is 4.68. The second-order valence-corrected chi connectivity index (χ2v) is 17.6. The fourth-order valence-corrected chi connectivity index (χ4v) is 5.63. The number of carbonyl (C=O) groups excluding carboxylic acids is 1. The molecule has 236 valence electrons. The number of nitrogens with one attached hydrogen (secondary N) is 1. The third kappa shape index (κ3) is 8.65. The van der Waals surface area contributed by atoms with E-state index in [0.29, 0.717) is 38.5 Å². The van der Waals surface area contributed by atoms with Crippen molar-refractivity contribution in [3.63, 3.8) is 0 Å². The number of nitriles is 1. The maximum Gasteiger partial charge on any atom is 0.322 e. The molecule has 0 saturated carbocycles. The number of anilines is 1. The zero-order valence-electron chi connectivity index (χ0n) is 27.4. The van der Waals surface area contributed by atoms with Gasteiger partial charge >= 0.3 is 6.03 Å². The number of aromatic nitrogens is 4. The molecule has 0 aliphatic rings. The van der Waals surface area contributed by atoms with Crippen LogP contribution in [0.4, 0.5) is 10.5 Å².